The maximum atomic E-state index is 13.7. The van der Waals surface area contributed by atoms with Crippen molar-refractivity contribution in [3.05, 3.63) is 11.1 Å². The highest BCUT2D eigenvalue weighted by Crippen LogP contribution is 2.67. The van der Waals surface area contributed by atoms with E-state index in [0.29, 0.717) is 24.0 Å². The molecule has 214 valence electrons. The van der Waals surface area contributed by atoms with E-state index >= 15 is 0 Å². The fourth-order valence-electron chi connectivity index (χ4n) is 7.57. The lowest BCUT2D eigenvalue weighted by atomic mass is 9.39. The van der Waals surface area contributed by atoms with E-state index in [1.54, 1.807) is 13.8 Å². The Morgan fingerprint density at radius 2 is 1.53 bits per heavy atom. The van der Waals surface area contributed by atoms with E-state index in [4.69, 9.17) is 23.7 Å². The van der Waals surface area contributed by atoms with Gasteiger partial charge in [-0.1, -0.05) is 26.3 Å². The number of esters is 3. The molecule has 10 nitrogen and oxygen atoms in total. The van der Waals surface area contributed by atoms with Crippen molar-refractivity contribution >= 4 is 23.7 Å². The van der Waals surface area contributed by atoms with Gasteiger partial charge in [-0.2, -0.15) is 0 Å². The van der Waals surface area contributed by atoms with Crippen LogP contribution in [0.25, 0.3) is 0 Å². The van der Waals surface area contributed by atoms with Crippen LogP contribution in [-0.2, 0) is 42.9 Å². The fraction of sp³-hybridized carbons (Fsp3) is 0.786. The van der Waals surface area contributed by atoms with Crippen LogP contribution in [-0.4, -0.2) is 73.2 Å². The Balaban J connectivity index is 2.35. The first-order valence-corrected chi connectivity index (χ1v) is 13.1. The molecule has 1 N–H and O–H groups in total. The molecular weight excluding hydrogens is 496 g/mol. The van der Waals surface area contributed by atoms with Crippen molar-refractivity contribution in [1.82, 2.24) is 0 Å². The molecule has 0 radical (unpaired) electrons. The predicted octanol–water partition coefficient (Wildman–Crippen LogP) is 2.88. The van der Waals surface area contributed by atoms with E-state index in [2.05, 4.69) is 0 Å². The van der Waals surface area contributed by atoms with Crippen LogP contribution in [0.3, 0.4) is 0 Å². The van der Waals surface area contributed by atoms with Crippen molar-refractivity contribution in [1.29, 1.82) is 0 Å². The third-order valence-corrected chi connectivity index (χ3v) is 9.34. The lowest BCUT2D eigenvalue weighted by Gasteiger charge is -2.69. The van der Waals surface area contributed by atoms with Crippen molar-refractivity contribution in [2.75, 3.05) is 14.2 Å². The maximum absolute atomic E-state index is 13.7. The number of methoxy groups -OCH3 is 2. The van der Waals surface area contributed by atoms with Crippen molar-refractivity contribution in [2.24, 2.45) is 22.7 Å². The molecule has 0 heterocycles. The SMILES string of the molecule is COC(CC1=C(C)[C@@H]2[C@@H](OC(C)=O)[C@H](OC(C)=O)[C@@]3(O)C(C)(C)CC[C@H](OC(C)=O)[C@]3(C)[C@H]2CC1=O)OC. The Morgan fingerprint density at radius 3 is 2.03 bits per heavy atom. The molecule has 0 unspecified atom stereocenters. The van der Waals surface area contributed by atoms with Gasteiger partial charge in [-0.3, -0.25) is 19.2 Å². The summed E-state index contributed by atoms with van der Waals surface area (Å²) in [5.74, 6) is -3.13. The van der Waals surface area contributed by atoms with E-state index in [9.17, 15) is 24.3 Å². The van der Waals surface area contributed by atoms with Gasteiger partial charge in [-0.05, 0) is 36.7 Å². The Bertz CT molecular complexity index is 1010. The number of hydrogen-bond donors (Lipinski definition) is 1. The van der Waals surface area contributed by atoms with Gasteiger partial charge in [0.2, 0.25) is 0 Å². The minimum Gasteiger partial charge on any atom is -0.462 e. The second kappa shape index (κ2) is 10.7. The normalized spacial score (nSPS) is 36.3. The number of Topliss-reactive ketones (excluding diaryl/α,β-unsaturated/α-hetero) is 1. The molecule has 0 bridgehead atoms. The molecule has 0 aromatic rings. The van der Waals surface area contributed by atoms with Gasteiger partial charge >= 0.3 is 17.9 Å². The number of ketones is 1. The molecule has 0 aromatic heterocycles. The predicted molar refractivity (Wildman–Crippen MR) is 134 cm³/mol. The molecule has 2 fully saturated rings. The van der Waals surface area contributed by atoms with Gasteiger partial charge < -0.3 is 28.8 Å². The molecular formula is C28H42O10. The molecule has 3 rings (SSSR count). The number of hydrogen-bond acceptors (Lipinski definition) is 10. The lowest BCUT2D eigenvalue weighted by Crippen LogP contribution is -2.80. The summed E-state index contributed by atoms with van der Waals surface area (Å²) in [7, 11) is 2.96. The largest absolute Gasteiger partial charge is 0.462 e. The Kier molecular flexibility index (Phi) is 8.51. The van der Waals surface area contributed by atoms with E-state index < -0.39 is 70.8 Å². The first kappa shape index (κ1) is 30.2. The first-order valence-electron chi connectivity index (χ1n) is 13.1. The molecule has 38 heavy (non-hydrogen) atoms. The summed E-state index contributed by atoms with van der Waals surface area (Å²) in [6.07, 6.45) is -2.74. The minimum absolute atomic E-state index is 0.00863. The highest BCUT2D eigenvalue weighted by atomic mass is 16.7. The van der Waals surface area contributed by atoms with Crippen LogP contribution in [0.5, 0.6) is 0 Å². The highest BCUT2D eigenvalue weighted by Gasteiger charge is 2.77. The second-order valence-electron chi connectivity index (χ2n) is 11.7. The second-order valence-corrected chi connectivity index (χ2v) is 11.7. The van der Waals surface area contributed by atoms with Crippen LogP contribution in [0.4, 0.5) is 0 Å². The first-order chi connectivity index (χ1) is 17.6. The molecule has 2 saturated carbocycles. The molecule has 7 atom stereocenters. The number of aliphatic hydroxyl groups is 1. The average Bonchev–Trinajstić information content (AvgIpc) is 2.80. The van der Waals surface area contributed by atoms with E-state index in [-0.39, 0.29) is 18.6 Å². The molecule has 3 aliphatic carbocycles. The van der Waals surface area contributed by atoms with Crippen molar-refractivity contribution in [3.8, 4) is 0 Å². The van der Waals surface area contributed by atoms with Crippen LogP contribution < -0.4 is 0 Å². The highest BCUT2D eigenvalue weighted by molar-refractivity contribution is 5.97. The smallest absolute Gasteiger partial charge is 0.303 e. The van der Waals surface area contributed by atoms with Crippen LogP contribution in [0, 0.1) is 22.7 Å². The summed E-state index contributed by atoms with van der Waals surface area (Å²) < 4.78 is 28.2. The van der Waals surface area contributed by atoms with Crippen LogP contribution in [0.1, 0.15) is 74.1 Å². The molecule has 0 aromatic carbocycles. The van der Waals surface area contributed by atoms with Gasteiger partial charge in [0.05, 0.1) is 0 Å². The summed E-state index contributed by atoms with van der Waals surface area (Å²) >= 11 is 0. The Hall–Kier alpha value is -2.30. The van der Waals surface area contributed by atoms with Crippen LogP contribution in [0.15, 0.2) is 11.1 Å². The lowest BCUT2D eigenvalue weighted by molar-refractivity contribution is -0.333. The quantitative estimate of drug-likeness (QED) is 0.293. The van der Waals surface area contributed by atoms with Gasteiger partial charge in [0.1, 0.15) is 17.8 Å². The molecule has 0 saturated heterocycles. The molecule has 0 amide bonds. The van der Waals surface area contributed by atoms with E-state index in [1.807, 2.05) is 13.8 Å². The zero-order chi connectivity index (χ0) is 28.8. The van der Waals surface area contributed by atoms with Crippen LogP contribution in [0.2, 0.25) is 0 Å². The van der Waals surface area contributed by atoms with Gasteiger partial charge in [0.15, 0.2) is 18.2 Å². The van der Waals surface area contributed by atoms with Gasteiger partial charge in [0, 0.05) is 59.2 Å². The number of ether oxygens (including phenoxy) is 5. The van der Waals surface area contributed by atoms with Crippen molar-refractivity contribution < 1.29 is 48.0 Å². The third kappa shape index (κ3) is 4.69. The standard InChI is InChI=1S/C28H42O10/c1-14-18(12-22(34-8)35-9)20(32)13-19-23(14)24(37-16(3)30)25(38-17(4)31)28(33)26(5,6)11-10-21(27(19,28)7)36-15(2)29/h19,21-25,33H,10-13H2,1-9H3/t19-,21-,23-,24+,25-,27-,28+/m0/s1. The van der Waals surface area contributed by atoms with Gasteiger partial charge in [-0.25, -0.2) is 0 Å². The minimum atomic E-state index is -1.81. The topological polar surface area (TPSA) is 135 Å². The fourth-order valence-corrected chi connectivity index (χ4v) is 7.57. The Labute approximate surface area is 224 Å². The zero-order valence-electron chi connectivity index (χ0n) is 23.9. The summed E-state index contributed by atoms with van der Waals surface area (Å²) in [6.45, 7) is 11.1. The zero-order valence-corrected chi connectivity index (χ0v) is 23.9. The molecule has 3 aliphatic rings. The number of carbonyl (C=O) groups is 4. The van der Waals surface area contributed by atoms with Gasteiger partial charge in [-0.15, -0.1) is 0 Å². The van der Waals surface area contributed by atoms with Gasteiger partial charge in [0.25, 0.3) is 0 Å². The molecule has 0 spiro atoms. The average molecular weight is 539 g/mol. The third-order valence-electron chi connectivity index (χ3n) is 9.34. The van der Waals surface area contributed by atoms with Crippen molar-refractivity contribution in [3.63, 3.8) is 0 Å². The number of fused-ring (bicyclic) bond motifs is 3. The monoisotopic (exact) mass is 538 g/mol. The summed E-state index contributed by atoms with van der Waals surface area (Å²) in [6, 6.07) is 0. The van der Waals surface area contributed by atoms with Crippen LogP contribution >= 0.6 is 0 Å². The maximum Gasteiger partial charge on any atom is 0.303 e. The summed E-state index contributed by atoms with van der Waals surface area (Å²) in [5.41, 5.74) is -2.79. The van der Waals surface area contributed by atoms with Crippen molar-refractivity contribution in [2.45, 2.75) is 104 Å². The summed E-state index contributed by atoms with van der Waals surface area (Å²) in [4.78, 5) is 50.8. The molecule has 0 aliphatic heterocycles. The Morgan fingerprint density at radius 1 is 0.974 bits per heavy atom. The van der Waals surface area contributed by atoms with E-state index in [1.165, 1.54) is 35.0 Å². The van der Waals surface area contributed by atoms with E-state index in [0.717, 1.165) is 0 Å². The number of carbonyl (C=O) groups excluding carboxylic acids is 4. The summed E-state index contributed by atoms with van der Waals surface area (Å²) in [5, 5.41) is 12.8. The number of rotatable bonds is 7. The molecule has 10 heteroatoms.